The Bertz CT molecular complexity index is 830. The number of hydrogen-bond acceptors (Lipinski definition) is 6. The van der Waals surface area contributed by atoms with Gasteiger partial charge in [0.2, 0.25) is 5.91 Å². The highest BCUT2D eigenvalue weighted by Crippen LogP contribution is 2.27. The van der Waals surface area contributed by atoms with Gasteiger partial charge in [0.25, 0.3) is 0 Å². The lowest BCUT2D eigenvalue weighted by atomic mass is 10.3. The first-order valence-corrected chi connectivity index (χ1v) is 9.22. The number of nitrogens with one attached hydrogen (secondary N) is 1. The maximum Gasteiger partial charge on any atom is 0.234 e. The van der Waals surface area contributed by atoms with Crippen molar-refractivity contribution in [1.29, 1.82) is 0 Å². The van der Waals surface area contributed by atoms with E-state index in [2.05, 4.69) is 15.5 Å². The van der Waals surface area contributed by atoms with Gasteiger partial charge in [0.05, 0.1) is 10.6 Å². The van der Waals surface area contributed by atoms with E-state index in [0.29, 0.717) is 10.8 Å². The predicted octanol–water partition coefficient (Wildman–Crippen LogP) is 3.46. The number of thiophene rings is 1. The van der Waals surface area contributed by atoms with Gasteiger partial charge in [-0.3, -0.25) is 4.79 Å². The molecule has 3 rings (SSSR count). The second-order valence-electron chi connectivity index (χ2n) is 4.91. The Morgan fingerprint density at radius 3 is 2.92 bits per heavy atom. The first-order chi connectivity index (χ1) is 11.7. The summed E-state index contributed by atoms with van der Waals surface area (Å²) in [5.41, 5.74) is 0.567. The topological polar surface area (TPSA) is 80.0 Å². The van der Waals surface area contributed by atoms with E-state index in [9.17, 15) is 9.90 Å². The highest BCUT2D eigenvalue weighted by molar-refractivity contribution is 7.99. The Morgan fingerprint density at radius 2 is 2.21 bits per heavy atom. The summed E-state index contributed by atoms with van der Waals surface area (Å²) in [7, 11) is 0. The molecule has 1 aromatic carbocycles. The summed E-state index contributed by atoms with van der Waals surface area (Å²) in [6, 6.07) is 10.4. The molecule has 0 saturated carbocycles. The lowest BCUT2D eigenvalue weighted by Gasteiger charge is -2.07. The molecule has 8 heteroatoms. The van der Waals surface area contributed by atoms with Crippen molar-refractivity contribution >= 4 is 34.7 Å². The van der Waals surface area contributed by atoms with Crippen LogP contribution in [0.15, 0.2) is 46.9 Å². The van der Waals surface area contributed by atoms with Crippen LogP contribution in [0.2, 0.25) is 0 Å². The Balaban J connectivity index is 1.65. The van der Waals surface area contributed by atoms with Crippen molar-refractivity contribution in [2.75, 3.05) is 11.1 Å². The van der Waals surface area contributed by atoms with E-state index in [4.69, 9.17) is 0 Å². The quantitative estimate of drug-likeness (QED) is 0.658. The van der Waals surface area contributed by atoms with Crippen LogP contribution in [-0.2, 0) is 11.3 Å². The van der Waals surface area contributed by atoms with Crippen molar-refractivity contribution in [3.05, 3.63) is 41.8 Å². The first-order valence-electron chi connectivity index (χ1n) is 7.36. The molecule has 1 amide bonds. The van der Waals surface area contributed by atoms with Gasteiger partial charge in [-0.1, -0.05) is 23.9 Å². The Hall–Kier alpha value is -2.32. The van der Waals surface area contributed by atoms with Crippen LogP contribution in [0.25, 0.3) is 10.7 Å². The molecule has 0 aliphatic carbocycles. The fourth-order valence-corrected chi connectivity index (χ4v) is 3.70. The fourth-order valence-electron chi connectivity index (χ4n) is 2.18. The standard InChI is InChI=1S/C16H16N4O2S2/c1-2-20-15(13-7-4-8-23-13)18-19-16(20)24-10-14(22)17-11-5-3-6-12(21)9-11/h3-9,21H,2,10H2,1H3,(H,17,22). The molecule has 0 bridgehead atoms. The summed E-state index contributed by atoms with van der Waals surface area (Å²) in [4.78, 5) is 13.1. The number of rotatable bonds is 6. The Labute approximate surface area is 147 Å². The average Bonchev–Trinajstić information content (AvgIpc) is 3.21. The van der Waals surface area contributed by atoms with E-state index in [0.717, 1.165) is 17.2 Å². The van der Waals surface area contributed by atoms with Crippen molar-refractivity contribution in [2.24, 2.45) is 0 Å². The molecule has 24 heavy (non-hydrogen) atoms. The second kappa shape index (κ2) is 7.50. The molecule has 0 atom stereocenters. The molecule has 2 N–H and O–H groups in total. The van der Waals surface area contributed by atoms with E-state index in [1.54, 1.807) is 29.5 Å². The third kappa shape index (κ3) is 3.77. The molecular weight excluding hydrogens is 344 g/mol. The normalized spacial score (nSPS) is 10.7. The van der Waals surface area contributed by atoms with Crippen LogP contribution in [0.3, 0.4) is 0 Å². The number of carbonyl (C=O) groups is 1. The molecule has 2 aromatic heterocycles. The number of carbonyl (C=O) groups excluding carboxylic acids is 1. The van der Waals surface area contributed by atoms with Crippen LogP contribution in [0.5, 0.6) is 5.75 Å². The number of phenols is 1. The van der Waals surface area contributed by atoms with Crippen LogP contribution in [0.1, 0.15) is 6.92 Å². The lowest BCUT2D eigenvalue weighted by Crippen LogP contribution is -2.14. The van der Waals surface area contributed by atoms with Crippen molar-refractivity contribution in [3.63, 3.8) is 0 Å². The molecule has 0 fully saturated rings. The molecule has 0 radical (unpaired) electrons. The van der Waals surface area contributed by atoms with Crippen molar-refractivity contribution in [3.8, 4) is 16.5 Å². The summed E-state index contributed by atoms with van der Waals surface area (Å²) >= 11 is 2.95. The van der Waals surface area contributed by atoms with Gasteiger partial charge < -0.3 is 15.0 Å². The summed E-state index contributed by atoms with van der Waals surface area (Å²) in [5, 5.41) is 23.3. The fraction of sp³-hybridized carbons (Fsp3) is 0.188. The Morgan fingerprint density at radius 1 is 1.33 bits per heavy atom. The van der Waals surface area contributed by atoms with Gasteiger partial charge in [-0.15, -0.1) is 21.5 Å². The molecule has 0 saturated heterocycles. The molecule has 0 unspecified atom stereocenters. The number of amides is 1. The lowest BCUT2D eigenvalue weighted by molar-refractivity contribution is -0.113. The number of anilines is 1. The number of nitrogens with zero attached hydrogens (tertiary/aromatic N) is 3. The number of hydrogen-bond donors (Lipinski definition) is 2. The zero-order valence-electron chi connectivity index (χ0n) is 13.0. The molecule has 2 heterocycles. The van der Waals surface area contributed by atoms with Crippen LogP contribution in [0.4, 0.5) is 5.69 Å². The highest BCUT2D eigenvalue weighted by Gasteiger charge is 2.15. The number of benzene rings is 1. The SMILES string of the molecule is CCn1c(SCC(=O)Nc2cccc(O)c2)nnc1-c1cccs1. The molecule has 0 spiro atoms. The molecule has 0 aliphatic heterocycles. The van der Waals surface area contributed by atoms with Crippen molar-refractivity contribution in [1.82, 2.24) is 14.8 Å². The highest BCUT2D eigenvalue weighted by atomic mass is 32.2. The molecule has 124 valence electrons. The van der Waals surface area contributed by atoms with E-state index < -0.39 is 0 Å². The van der Waals surface area contributed by atoms with Crippen molar-refractivity contribution in [2.45, 2.75) is 18.6 Å². The largest absolute Gasteiger partial charge is 0.508 e. The third-order valence-corrected chi connectivity index (χ3v) is 5.07. The van der Waals surface area contributed by atoms with E-state index in [-0.39, 0.29) is 17.4 Å². The predicted molar refractivity (Wildman–Crippen MR) is 96.5 cm³/mol. The van der Waals surface area contributed by atoms with Crippen LogP contribution in [0, 0.1) is 0 Å². The summed E-state index contributed by atoms with van der Waals surface area (Å²) in [6.07, 6.45) is 0. The zero-order chi connectivity index (χ0) is 16.9. The number of phenolic OH excluding ortho intramolecular Hbond substituents is 1. The zero-order valence-corrected chi connectivity index (χ0v) is 14.6. The van der Waals surface area contributed by atoms with Gasteiger partial charge in [-0.25, -0.2) is 0 Å². The minimum absolute atomic E-state index is 0.117. The van der Waals surface area contributed by atoms with Crippen LogP contribution < -0.4 is 5.32 Å². The minimum atomic E-state index is -0.158. The number of aromatic nitrogens is 3. The van der Waals surface area contributed by atoms with E-state index in [1.807, 2.05) is 29.0 Å². The van der Waals surface area contributed by atoms with Gasteiger partial charge in [-0.05, 0) is 30.5 Å². The summed E-state index contributed by atoms with van der Waals surface area (Å²) in [6.45, 7) is 2.76. The second-order valence-corrected chi connectivity index (χ2v) is 6.81. The monoisotopic (exact) mass is 360 g/mol. The van der Waals surface area contributed by atoms with Gasteiger partial charge in [0.1, 0.15) is 5.75 Å². The molecule has 0 aliphatic rings. The van der Waals surface area contributed by atoms with Crippen LogP contribution in [-0.4, -0.2) is 31.5 Å². The maximum absolute atomic E-state index is 12.1. The first kappa shape index (κ1) is 16.5. The van der Waals surface area contributed by atoms with Crippen molar-refractivity contribution < 1.29 is 9.90 Å². The van der Waals surface area contributed by atoms with Crippen LogP contribution >= 0.6 is 23.1 Å². The number of thioether (sulfide) groups is 1. The molecule has 3 aromatic rings. The third-order valence-electron chi connectivity index (χ3n) is 3.24. The van der Waals surface area contributed by atoms with E-state index >= 15 is 0 Å². The number of aromatic hydroxyl groups is 1. The summed E-state index contributed by atoms with van der Waals surface area (Å²) in [5.74, 6) is 1.00. The Kier molecular flexibility index (Phi) is 5.17. The molecule has 6 nitrogen and oxygen atoms in total. The van der Waals surface area contributed by atoms with Gasteiger partial charge >= 0.3 is 0 Å². The van der Waals surface area contributed by atoms with Gasteiger partial charge in [-0.2, -0.15) is 0 Å². The van der Waals surface area contributed by atoms with Gasteiger partial charge in [0.15, 0.2) is 11.0 Å². The van der Waals surface area contributed by atoms with Gasteiger partial charge in [0, 0.05) is 18.3 Å². The van der Waals surface area contributed by atoms with E-state index in [1.165, 1.54) is 17.8 Å². The minimum Gasteiger partial charge on any atom is -0.508 e. The maximum atomic E-state index is 12.1. The molecular formula is C16H16N4O2S2. The average molecular weight is 360 g/mol. The summed E-state index contributed by atoms with van der Waals surface area (Å²) < 4.78 is 2.00. The smallest absolute Gasteiger partial charge is 0.234 e.